The molecule has 1 fully saturated rings. The lowest BCUT2D eigenvalue weighted by Crippen LogP contribution is -2.47. The van der Waals surface area contributed by atoms with Crippen molar-refractivity contribution in [2.24, 2.45) is 7.05 Å². The van der Waals surface area contributed by atoms with Crippen LogP contribution in [0.25, 0.3) is 5.70 Å². The molecule has 154 valence electrons. The fourth-order valence-corrected chi connectivity index (χ4v) is 4.41. The number of nitrogens with one attached hydrogen (secondary N) is 1. The first kappa shape index (κ1) is 20.0. The van der Waals surface area contributed by atoms with E-state index in [2.05, 4.69) is 40.2 Å². The van der Waals surface area contributed by atoms with E-state index in [0.717, 1.165) is 62.2 Å². The molecule has 1 saturated heterocycles. The number of nitrogens with zero attached hydrogens (tertiary/aromatic N) is 3. The van der Waals surface area contributed by atoms with Crippen molar-refractivity contribution in [1.82, 2.24) is 15.4 Å². The molecule has 0 saturated carbocycles. The normalized spacial score (nSPS) is 22.2. The number of ether oxygens (including phenoxy) is 1. The van der Waals surface area contributed by atoms with Crippen LogP contribution in [0.3, 0.4) is 0 Å². The number of halogens is 1. The predicted octanol–water partition coefficient (Wildman–Crippen LogP) is 3.34. The number of para-hydroxylation sites is 1. The Morgan fingerprint density at radius 2 is 2.24 bits per heavy atom. The Morgan fingerprint density at radius 1 is 1.41 bits per heavy atom. The van der Waals surface area contributed by atoms with Gasteiger partial charge in [-0.15, -0.1) is 0 Å². The zero-order valence-corrected chi connectivity index (χ0v) is 17.8. The van der Waals surface area contributed by atoms with Crippen LogP contribution in [0.15, 0.2) is 46.5 Å². The quantitative estimate of drug-likeness (QED) is 0.599. The molecule has 2 atom stereocenters. The Balaban J connectivity index is 1.56. The smallest absolute Gasteiger partial charge is 0.396 e. The summed E-state index contributed by atoms with van der Waals surface area (Å²) in [6.45, 7) is 9.12. The van der Waals surface area contributed by atoms with Crippen LogP contribution in [0, 0.1) is 0 Å². The minimum atomic E-state index is 0.282. The maximum atomic E-state index is 6.06. The first-order valence-electron chi connectivity index (χ1n) is 10.2. The topological polar surface area (TPSA) is 54.4 Å². The van der Waals surface area contributed by atoms with Gasteiger partial charge >= 0.3 is 11.7 Å². The second kappa shape index (κ2) is 8.59. The number of allylic oxidation sites excluding steroid dienone is 2. The Hall–Kier alpha value is -2.31. The highest BCUT2D eigenvalue weighted by atomic mass is 35.5. The van der Waals surface area contributed by atoms with Crippen molar-refractivity contribution in [2.45, 2.75) is 38.3 Å². The third-order valence-corrected chi connectivity index (χ3v) is 5.84. The lowest BCUT2D eigenvalue weighted by atomic mass is 9.92. The number of piperidine rings is 1. The molecule has 7 heteroatoms. The number of hydrogen-bond donors (Lipinski definition) is 1. The first-order valence-corrected chi connectivity index (χ1v) is 10.5. The molecule has 6 nitrogen and oxygen atoms in total. The van der Waals surface area contributed by atoms with Gasteiger partial charge in [-0.25, -0.2) is 4.52 Å². The summed E-state index contributed by atoms with van der Waals surface area (Å²) in [4.78, 5) is 2.52. The largest absolute Gasteiger partial charge is 0.492 e. The Kier molecular flexibility index (Phi) is 5.92. The lowest BCUT2D eigenvalue weighted by Gasteiger charge is -2.36. The molecule has 0 aliphatic carbocycles. The van der Waals surface area contributed by atoms with Crippen molar-refractivity contribution in [3.63, 3.8) is 0 Å². The molecule has 0 bridgehead atoms. The lowest BCUT2D eigenvalue weighted by molar-refractivity contribution is -0.687. The second-order valence-corrected chi connectivity index (χ2v) is 8.20. The number of fused-ring (bicyclic) bond motifs is 2. The highest BCUT2D eigenvalue weighted by Crippen LogP contribution is 2.34. The maximum Gasteiger partial charge on any atom is 0.396 e. The molecule has 1 aromatic carbocycles. The number of aromatic nitrogens is 2. The minimum Gasteiger partial charge on any atom is -0.492 e. The summed E-state index contributed by atoms with van der Waals surface area (Å²) >= 11 is 6.00. The van der Waals surface area contributed by atoms with E-state index in [0.29, 0.717) is 11.1 Å². The van der Waals surface area contributed by atoms with Gasteiger partial charge < -0.3 is 10.1 Å². The molecular formula is C22H28ClN4O2+. The van der Waals surface area contributed by atoms with Crippen molar-refractivity contribution in [2.75, 3.05) is 19.7 Å². The van der Waals surface area contributed by atoms with Crippen molar-refractivity contribution >= 4 is 17.3 Å². The Morgan fingerprint density at radius 3 is 3.03 bits per heavy atom. The second-order valence-electron chi connectivity index (χ2n) is 7.71. The van der Waals surface area contributed by atoms with Crippen LogP contribution < -0.4 is 14.6 Å². The van der Waals surface area contributed by atoms with Crippen molar-refractivity contribution < 1.29 is 13.8 Å². The van der Waals surface area contributed by atoms with Gasteiger partial charge in [0.15, 0.2) is 5.16 Å². The van der Waals surface area contributed by atoms with E-state index in [1.807, 2.05) is 24.6 Å². The van der Waals surface area contributed by atoms with Crippen molar-refractivity contribution in [3.05, 3.63) is 59.2 Å². The minimum absolute atomic E-state index is 0.282. The molecule has 1 aromatic heterocycles. The van der Waals surface area contributed by atoms with Gasteiger partial charge in [0.05, 0.1) is 13.0 Å². The van der Waals surface area contributed by atoms with Crippen LogP contribution in [0.5, 0.6) is 5.75 Å². The molecule has 29 heavy (non-hydrogen) atoms. The van der Waals surface area contributed by atoms with Crippen LogP contribution in [-0.2, 0) is 13.6 Å². The third-order valence-electron chi connectivity index (χ3n) is 5.73. The summed E-state index contributed by atoms with van der Waals surface area (Å²) in [6.07, 6.45) is 3.90. The average molecular weight is 416 g/mol. The summed E-state index contributed by atoms with van der Waals surface area (Å²) in [5.41, 5.74) is 2.06. The number of hydrogen-bond acceptors (Lipinski definition) is 5. The van der Waals surface area contributed by atoms with E-state index >= 15 is 0 Å². The SMILES string of the molecule is C=C(Cl)C=C(NCC)c1noc(C2CCC3COc4ccccc4CN3C2)[n+]1C. The predicted molar refractivity (Wildman–Crippen MR) is 112 cm³/mol. The van der Waals surface area contributed by atoms with Gasteiger partial charge in [-0.05, 0) is 31.9 Å². The molecule has 2 aliphatic heterocycles. The van der Waals surface area contributed by atoms with Gasteiger partial charge in [0.1, 0.15) is 18.1 Å². The van der Waals surface area contributed by atoms with E-state index in [1.165, 1.54) is 5.56 Å². The molecule has 2 unspecified atom stereocenters. The van der Waals surface area contributed by atoms with E-state index in [9.17, 15) is 0 Å². The first-order chi connectivity index (χ1) is 14.1. The summed E-state index contributed by atoms with van der Waals surface area (Å²) in [7, 11) is 2.00. The Labute approximate surface area is 176 Å². The molecule has 1 N–H and O–H groups in total. The van der Waals surface area contributed by atoms with Crippen LogP contribution in [-0.4, -0.2) is 35.8 Å². The molecule has 0 amide bonds. The van der Waals surface area contributed by atoms with Gasteiger partial charge in [0.25, 0.3) is 0 Å². The van der Waals surface area contributed by atoms with Gasteiger partial charge in [-0.1, -0.05) is 36.4 Å². The highest BCUT2D eigenvalue weighted by Gasteiger charge is 2.38. The van der Waals surface area contributed by atoms with Gasteiger partial charge in [-0.3, -0.25) is 4.90 Å². The van der Waals surface area contributed by atoms with Crippen LogP contribution in [0.4, 0.5) is 0 Å². The van der Waals surface area contributed by atoms with Crippen LogP contribution in [0.2, 0.25) is 0 Å². The maximum absolute atomic E-state index is 6.06. The average Bonchev–Trinajstić information content (AvgIpc) is 2.98. The molecule has 2 aromatic rings. The zero-order valence-electron chi connectivity index (χ0n) is 17.0. The van der Waals surface area contributed by atoms with E-state index in [4.69, 9.17) is 20.9 Å². The molecule has 2 aliphatic rings. The van der Waals surface area contributed by atoms with E-state index in [-0.39, 0.29) is 5.92 Å². The van der Waals surface area contributed by atoms with Crippen LogP contribution >= 0.6 is 11.6 Å². The van der Waals surface area contributed by atoms with Crippen molar-refractivity contribution in [3.8, 4) is 5.75 Å². The fraction of sp³-hybridized carbons (Fsp3) is 0.455. The third kappa shape index (κ3) is 4.19. The molecular weight excluding hydrogens is 388 g/mol. The zero-order chi connectivity index (χ0) is 20.4. The van der Waals surface area contributed by atoms with Gasteiger partial charge in [0, 0.05) is 36.3 Å². The molecule has 3 heterocycles. The van der Waals surface area contributed by atoms with Crippen molar-refractivity contribution in [1.29, 1.82) is 0 Å². The highest BCUT2D eigenvalue weighted by molar-refractivity contribution is 6.31. The van der Waals surface area contributed by atoms with E-state index in [1.54, 1.807) is 6.08 Å². The summed E-state index contributed by atoms with van der Waals surface area (Å²) in [5.74, 6) is 2.91. The number of benzene rings is 1. The van der Waals surface area contributed by atoms with Crippen LogP contribution in [0.1, 0.15) is 43.0 Å². The molecule has 0 radical (unpaired) electrons. The number of rotatable bonds is 5. The summed E-state index contributed by atoms with van der Waals surface area (Å²) in [6, 6.07) is 8.76. The van der Waals surface area contributed by atoms with Gasteiger partial charge in [0.2, 0.25) is 0 Å². The van der Waals surface area contributed by atoms with Gasteiger partial charge in [-0.2, -0.15) is 4.57 Å². The Bertz CT molecular complexity index is 923. The van der Waals surface area contributed by atoms with E-state index < -0.39 is 0 Å². The summed E-state index contributed by atoms with van der Waals surface area (Å²) in [5, 5.41) is 8.09. The molecule has 0 spiro atoms. The summed E-state index contributed by atoms with van der Waals surface area (Å²) < 4.78 is 13.9. The fourth-order valence-electron chi connectivity index (χ4n) is 4.30. The molecule has 4 rings (SSSR count). The standard InChI is InChI=1S/C22H28ClN4O2/c1-4-24-19(11-15(2)23)21-25-29-22(26(21)3)17-9-10-18-14-28-20-8-6-5-7-16(20)12-27(18)13-17/h5-8,11,17-18,24H,2,4,9-10,12-14H2,1,3H3/q+1. The monoisotopic (exact) mass is 415 g/mol.